The maximum Gasteiger partial charge on any atom is 0.141 e. The van der Waals surface area contributed by atoms with E-state index in [1.54, 1.807) is 6.07 Å². The molecule has 0 heterocycles. The number of nitrogens with two attached hydrogens (primary N) is 1. The van der Waals surface area contributed by atoms with Gasteiger partial charge in [0.05, 0.1) is 5.02 Å². The monoisotopic (exact) mass is 225 g/mol. The molecule has 1 aromatic carbocycles. The van der Waals surface area contributed by atoms with Crippen molar-refractivity contribution >= 4 is 11.6 Å². The number of rotatable bonds is 1. The van der Waals surface area contributed by atoms with E-state index in [0.29, 0.717) is 5.92 Å². The Morgan fingerprint density at radius 2 is 2.27 bits per heavy atom. The van der Waals surface area contributed by atoms with Gasteiger partial charge in [-0.25, -0.2) is 4.39 Å². The van der Waals surface area contributed by atoms with Crippen molar-refractivity contribution in [3.63, 3.8) is 0 Å². The van der Waals surface area contributed by atoms with Gasteiger partial charge >= 0.3 is 0 Å². The van der Waals surface area contributed by atoms with E-state index >= 15 is 0 Å². The first-order valence-electron chi connectivity index (χ1n) is 5.34. The first-order valence-corrected chi connectivity index (χ1v) is 5.72. The summed E-state index contributed by atoms with van der Waals surface area (Å²) in [6, 6.07) is 5.28. The molecule has 2 bridgehead atoms. The van der Waals surface area contributed by atoms with Gasteiger partial charge in [0.15, 0.2) is 0 Å². The van der Waals surface area contributed by atoms with Crippen LogP contribution in [0.1, 0.15) is 24.8 Å². The van der Waals surface area contributed by atoms with Gasteiger partial charge in [-0.3, -0.25) is 0 Å². The molecule has 3 atom stereocenters. The van der Waals surface area contributed by atoms with E-state index < -0.39 is 0 Å². The number of benzene rings is 1. The standard InChI is InChI=1S/C12H13ClFN/c13-9-5-8(1-2-10(9)14)12-4-3-7(6-12)11(12)15/h1-2,5,7,11H,3-4,6,15H2. The molecule has 3 heteroatoms. The molecule has 80 valence electrons. The SMILES string of the molecule is NC1C2CCC1(c1ccc(F)c(Cl)c1)C2. The molecule has 0 spiro atoms. The molecule has 3 aliphatic carbocycles. The van der Waals surface area contributed by atoms with Crippen molar-refractivity contribution in [3.05, 3.63) is 34.6 Å². The molecular weight excluding hydrogens is 213 g/mol. The molecule has 0 radical (unpaired) electrons. The van der Waals surface area contributed by atoms with Crippen LogP contribution in [0.25, 0.3) is 0 Å². The Kier molecular flexibility index (Phi) is 1.89. The second kappa shape index (κ2) is 2.96. The summed E-state index contributed by atoms with van der Waals surface area (Å²) in [6.45, 7) is 0. The minimum absolute atomic E-state index is 0.0992. The van der Waals surface area contributed by atoms with Crippen LogP contribution < -0.4 is 5.73 Å². The van der Waals surface area contributed by atoms with Gasteiger partial charge in [-0.15, -0.1) is 0 Å². The third-order valence-corrected chi connectivity index (χ3v) is 4.52. The average molecular weight is 226 g/mol. The average Bonchev–Trinajstić information content (AvgIpc) is 2.79. The molecule has 2 N–H and O–H groups in total. The first-order chi connectivity index (χ1) is 7.13. The van der Waals surface area contributed by atoms with Crippen LogP contribution in [0.5, 0.6) is 0 Å². The summed E-state index contributed by atoms with van der Waals surface area (Å²) in [5.41, 5.74) is 7.37. The molecule has 4 rings (SSSR count). The largest absolute Gasteiger partial charge is 0.327 e. The van der Waals surface area contributed by atoms with Crippen LogP contribution in [0.2, 0.25) is 5.02 Å². The van der Waals surface area contributed by atoms with Crippen molar-refractivity contribution in [1.82, 2.24) is 0 Å². The Labute approximate surface area is 93.4 Å². The molecular formula is C12H13ClFN. The van der Waals surface area contributed by atoms with E-state index in [9.17, 15) is 4.39 Å². The number of hydrogen-bond acceptors (Lipinski definition) is 1. The number of hydrogen-bond donors (Lipinski definition) is 1. The third-order valence-electron chi connectivity index (χ3n) is 4.23. The third kappa shape index (κ3) is 1.12. The fraction of sp³-hybridized carbons (Fsp3) is 0.500. The minimum Gasteiger partial charge on any atom is -0.327 e. The summed E-state index contributed by atoms with van der Waals surface area (Å²) in [4.78, 5) is 0. The Balaban J connectivity index is 2.03. The maximum atomic E-state index is 13.1. The summed E-state index contributed by atoms with van der Waals surface area (Å²) in [5.74, 6) is 0.327. The van der Waals surface area contributed by atoms with Crippen molar-refractivity contribution in [1.29, 1.82) is 0 Å². The zero-order valence-corrected chi connectivity index (χ0v) is 9.10. The fourth-order valence-corrected chi connectivity index (χ4v) is 3.46. The molecule has 15 heavy (non-hydrogen) atoms. The van der Waals surface area contributed by atoms with Crippen molar-refractivity contribution in [3.8, 4) is 0 Å². The Morgan fingerprint density at radius 1 is 1.47 bits per heavy atom. The van der Waals surface area contributed by atoms with Crippen LogP contribution in [-0.4, -0.2) is 6.04 Å². The zero-order chi connectivity index (χ0) is 10.6. The zero-order valence-electron chi connectivity index (χ0n) is 8.34. The molecule has 3 fully saturated rings. The lowest BCUT2D eigenvalue weighted by Crippen LogP contribution is -2.54. The topological polar surface area (TPSA) is 26.0 Å². The van der Waals surface area contributed by atoms with Crippen LogP contribution in [0.4, 0.5) is 4.39 Å². The molecule has 0 aromatic heterocycles. The highest BCUT2D eigenvalue weighted by Gasteiger charge is 2.58. The normalized spacial score (nSPS) is 37.8. The lowest BCUT2D eigenvalue weighted by molar-refractivity contribution is 0.188. The van der Waals surface area contributed by atoms with Gasteiger partial charge in [-0.2, -0.15) is 0 Å². The smallest absolute Gasteiger partial charge is 0.141 e. The van der Waals surface area contributed by atoms with E-state index in [-0.39, 0.29) is 22.3 Å². The molecule has 3 aliphatic rings. The summed E-state index contributed by atoms with van der Waals surface area (Å²) in [5, 5.41) is 0.212. The first kappa shape index (κ1) is 9.61. The molecule has 0 amide bonds. The van der Waals surface area contributed by atoms with Crippen molar-refractivity contribution in [2.75, 3.05) is 0 Å². The van der Waals surface area contributed by atoms with E-state index in [2.05, 4.69) is 0 Å². The molecule has 1 nitrogen and oxygen atoms in total. The fourth-order valence-electron chi connectivity index (χ4n) is 3.28. The molecule has 0 saturated heterocycles. The van der Waals surface area contributed by atoms with Crippen LogP contribution in [-0.2, 0) is 5.41 Å². The van der Waals surface area contributed by atoms with Gasteiger partial charge < -0.3 is 5.73 Å². The Bertz CT molecular complexity index is 416. The quantitative estimate of drug-likeness (QED) is 0.782. The van der Waals surface area contributed by atoms with Gasteiger partial charge in [0.2, 0.25) is 0 Å². The Hall–Kier alpha value is -0.600. The van der Waals surface area contributed by atoms with Crippen LogP contribution in [0, 0.1) is 11.7 Å². The van der Waals surface area contributed by atoms with Crippen molar-refractivity contribution in [2.45, 2.75) is 30.7 Å². The summed E-state index contributed by atoms with van der Waals surface area (Å²) < 4.78 is 13.1. The highest BCUT2D eigenvalue weighted by atomic mass is 35.5. The summed E-state index contributed by atoms with van der Waals surface area (Å²) in [6.07, 6.45) is 3.48. The number of halogens is 2. The molecule has 3 saturated carbocycles. The van der Waals surface area contributed by atoms with Gasteiger partial charge in [0.1, 0.15) is 5.82 Å². The maximum absolute atomic E-state index is 13.1. The van der Waals surface area contributed by atoms with Crippen LogP contribution in [0.3, 0.4) is 0 Å². The summed E-state index contributed by atoms with van der Waals surface area (Å²) in [7, 11) is 0. The lowest BCUT2D eigenvalue weighted by Gasteiger charge is -2.46. The predicted molar refractivity (Wildman–Crippen MR) is 58.4 cm³/mol. The van der Waals surface area contributed by atoms with Gasteiger partial charge in [0, 0.05) is 11.5 Å². The second-order valence-corrected chi connectivity index (χ2v) is 5.22. The van der Waals surface area contributed by atoms with E-state index in [1.165, 1.54) is 12.5 Å². The van der Waals surface area contributed by atoms with E-state index in [4.69, 9.17) is 17.3 Å². The van der Waals surface area contributed by atoms with Crippen LogP contribution in [0.15, 0.2) is 18.2 Å². The Morgan fingerprint density at radius 3 is 2.80 bits per heavy atom. The summed E-state index contributed by atoms with van der Waals surface area (Å²) >= 11 is 5.80. The second-order valence-electron chi connectivity index (χ2n) is 4.81. The molecule has 1 aromatic rings. The van der Waals surface area contributed by atoms with Gasteiger partial charge in [-0.05, 0) is 42.9 Å². The lowest BCUT2D eigenvalue weighted by atomic mass is 9.62. The van der Waals surface area contributed by atoms with E-state index in [1.807, 2.05) is 6.07 Å². The van der Waals surface area contributed by atoms with Crippen LogP contribution >= 0.6 is 11.6 Å². The predicted octanol–water partition coefficient (Wildman–Crippen LogP) is 2.86. The van der Waals surface area contributed by atoms with Gasteiger partial charge in [-0.1, -0.05) is 17.7 Å². The molecule has 3 unspecified atom stereocenters. The van der Waals surface area contributed by atoms with Crippen molar-refractivity contribution < 1.29 is 4.39 Å². The minimum atomic E-state index is -0.348. The van der Waals surface area contributed by atoms with E-state index in [0.717, 1.165) is 18.4 Å². The highest BCUT2D eigenvalue weighted by molar-refractivity contribution is 6.30. The number of fused-ring (bicyclic) bond motifs is 1. The van der Waals surface area contributed by atoms with Gasteiger partial charge in [0.25, 0.3) is 0 Å². The van der Waals surface area contributed by atoms with Crippen molar-refractivity contribution in [2.24, 2.45) is 11.7 Å². The molecule has 0 aliphatic heterocycles. The highest BCUT2D eigenvalue weighted by Crippen LogP contribution is 2.59.